The summed E-state index contributed by atoms with van der Waals surface area (Å²) < 4.78 is 22.6. The largest absolute Gasteiger partial charge is 0.399 e. The van der Waals surface area contributed by atoms with Crippen LogP contribution < -0.4 is 16.2 Å². The molecule has 0 bridgehead atoms. The van der Waals surface area contributed by atoms with Gasteiger partial charge in [-0.3, -0.25) is 0 Å². The number of primary sulfonamides is 1. The quantitative estimate of drug-likeness (QED) is 0.692. The second-order valence-corrected chi connectivity index (χ2v) is 5.45. The number of aromatic nitrogens is 2. The van der Waals surface area contributed by atoms with E-state index in [-0.39, 0.29) is 4.90 Å². The highest BCUT2D eigenvalue weighted by molar-refractivity contribution is 7.89. The van der Waals surface area contributed by atoms with Gasteiger partial charge >= 0.3 is 0 Å². The van der Waals surface area contributed by atoms with Crippen molar-refractivity contribution in [1.29, 1.82) is 0 Å². The van der Waals surface area contributed by atoms with Gasteiger partial charge in [-0.25, -0.2) is 23.5 Å². The van der Waals surface area contributed by atoms with E-state index in [2.05, 4.69) is 15.3 Å². The molecule has 0 fully saturated rings. The zero-order valence-corrected chi connectivity index (χ0v) is 10.8. The summed E-state index contributed by atoms with van der Waals surface area (Å²) in [5.41, 5.74) is 7.29. The van der Waals surface area contributed by atoms with Gasteiger partial charge in [0.25, 0.3) is 0 Å². The Kier molecular flexibility index (Phi) is 3.63. The first-order valence-corrected chi connectivity index (χ1v) is 6.92. The summed E-state index contributed by atoms with van der Waals surface area (Å²) in [6.45, 7) is 0.427. The van der Waals surface area contributed by atoms with Crippen LogP contribution in [0.5, 0.6) is 0 Å². The number of nitrogens with one attached hydrogen (secondary N) is 1. The molecule has 2 rings (SSSR count). The lowest BCUT2D eigenvalue weighted by atomic mass is 10.2. The van der Waals surface area contributed by atoms with Crippen molar-refractivity contribution in [2.75, 3.05) is 11.1 Å². The third-order valence-electron chi connectivity index (χ3n) is 2.37. The number of rotatable bonds is 4. The zero-order chi connectivity index (χ0) is 13.9. The first-order chi connectivity index (χ1) is 8.95. The number of benzene rings is 1. The summed E-state index contributed by atoms with van der Waals surface area (Å²) in [5.74, 6) is 0. The first kappa shape index (κ1) is 13.2. The van der Waals surface area contributed by atoms with Crippen molar-refractivity contribution >= 4 is 21.4 Å². The molecule has 0 unspecified atom stereocenters. The Hall–Kier alpha value is -2.19. The molecule has 0 spiro atoms. The minimum absolute atomic E-state index is 0.0299. The molecule has 0 aliphatic rings. The van der Waals surface area contributed by atoms with Crippen molar-refractivity contribution in [3.63, 3.8) is 0 Å². The summed E-state index contributed by atoms with van der Waals surface area (Å²) >= 11 is 0. The lowest BCUT2D eigenvalue weighted by Gasteiger charge is -2.08. The van der Waals surface area contributed by atoms with E-state index >= 15 is 0 Å². The van der Waals surface area contributed by atoms with E-state index in [1.165, 1.54) is 18.5 Å². The van der Waals surface area contributed by atoms with Crippen molar-refractivity contribution < 1.29 is 8.42 Å². The van der Waals surface area contributed by atoms with Gasteiger partial charge in [0.15, 0.2) is 0 Å². The fourth-order valence-corrected chi connectivity index (χ4v) is 2.10. The molecule has 0 saturated carbocycles. The molecular weight excluding hydrogens is 266 g/mol. The maximum atomic E-state index is 11.3. The number of nitrogen functional groups attached to an aromatic ring is 1. The molecule has 8 heteroatoms. The molecule has 0 aliphatic carbocycles. The number of nitrogens with zero attached hydrogens (tertiary/aromatic N) is 2. The standard InChI is InChI=1S/C11H13N5O2S/c12-8-3-10(5-11(4-8)19(13,17)18)15-6-9-1-2-14-7-16-9/h1-5,7,15H,6,12H2,(H2,13,17,18). The molecule has 5 N–H and O–H groups in total. The number of anilines is 2. The summed E-state index contributed by atoms with van der Waals surface area (Å²) in [7, 11) is -3.78. The lowest BCUT2D eigenvalue weighted by Crippen LogP contribution is -2.13. The van der Waals surface area contributed by atoms with Gasteiger partial charge < -0.3 is 11.1 Å². The van der Waals surface area contributed by atoms with Crippen molar-refractivity contribution in [3.8, 4) is 0 Å². The van der Waals surface area contributed by atoms with E-state index in [9.17, 15) is 8.42 Å². The Bertz CT molecular complexity index is 673. The van der Waals surface area contributed by atoms with Gasteiger partial charge in [-0.15, -0.1) is 0 Å². The van der Waals surface area contributed by atoms with Crippen LogP contribution in [0, 0.1) is 0 Å². The average molecular weight is 279 g/mol. The Morgan fingerprint density at radius 3 is 2.68 bits per heavy atom. The molecule has 0 aliphatic heterocycles. The number of sulfonamides is 1. The predicted octanol–water partition coefficient (Wildman–Crippen LogP) is 0.318. The average Bonchev–Trinajstić information content (AvgIpc) is 2.36. The van der Waals surface area contributed by atoms with Gasteiger partial charge in [-0.1, -0.05) is 0 Å². The molecule has 2 aromatic rings. The number of hydrogen-bond donors (Lipinski definition) is 3. The van der Waals surface area contributed by atoms with Gasteiger partial charge in [0.2, 0.25) is 10.0 Å². The van der Waals surface area contributed by atoms with Crippen molar-refractivity contribution in [3.05, 3.63) is 42.5 Å². The highest BCUT2D eigenvalue weighted by Gasteiger charge is 2.09. The molecule has 7 nitrogen and oxygen atoms in total. The smallest absolute Gasteiger partial charge is 0.238 e. The predicted molar refractivity (Wildman–Crippen MR) is 71.6 cm³/mol. The summed E-state index contributed by atoms with van der Waals surface area (Å²) in [6.07, 6.45) is 3.06. The number of nitrogens with two attached hydrogens (primary N) is 2. The van der Waals surface area contributed by atoms with Gasteiger partial charge in [-0.2, -0.15) is 0 Å². The summed E-state index contributed by atoms with van der Waals surface area (Å²) in [4.78, 5) is 7.82. The van der Waals surface area contributed by atoms with Crippen molar-refractivity contribution in [2.45, 2.75) is 11.4 Å². The molecule has 1 heterocycles. The second kappa shape index (κ2) is 5.21. The highest BCUT2D eigenvalue weighted by Crippen LogP contribution is 2.19. The molecule has 1 aromatic heterocycles. The second-order valence-electron chi connectivity index (χ2n) is 3.89. The van der Waals surface area contributed by atoms with Crippen molar-refractivity contribution in [2.24, 2.45) is 5.14 Å². The maximum Gasteiger partial charge on any atom is 0.238 e. The van der Waals surface area contributed by atoms with Gasteiger partial charge in [0.1, 0.15) is 6.33 Å². The van der Waals surface area contributed by atoms with Gasteiger partial charge in [-0.05, 0) is 24.3 Å². The molecule has 0 atom stereocenters. The van der Waals surface area contributed by atoms with Gasteiger partial charge in [0.05, 0.1) is 17.1 Å². The summed E-state index contributed by atoms with van der Waals surface area (Å²) in [6, 6.07) is 6.10. The van der Waals surface area contributed by atoms with E-state index < -0.39 is 10.0 Å². The normalized spacial score (nSPS) is 11.2. The van der Waals surface area contributed by atoms with Crippen LogP contribution in [0.2, 0.25) is 0 Å². The molecule has 0 radical (unpaired) electrons. The van der Waals surface area contributed by atoms with Crippen LogP contribution in [0.25, 0.3) is 0 Å². The molecule has 0 saturated heterocycles. The Labute approximate surface area is 110 Å². The highest BCUT2D eigenvalue weighted by atomic mass is 32.2. The molecule has 0 amide bonds. The number of hydrogen-bond acceptors (Lipinski definition) is 6. The molecule has 100 valence electrons. The van der Waals surface area contributed by atoms with Crippen LogP contribution in [0.1, 0.15) is 5.69 Å². The van der Waals surface area contributed by atoms with E-state index in [4.69, 9.17) is 10.9 Å². The van der Waals surface area contributed by atoms with Crippen LogP contribution >= 0.6 is 0 Å². The molecule has 19 heavy (non-hydrogen) atoms. The third-order valence-corrected chi connectivity index (χ3v) is 3.27. The third kappa shape index (κ3) is 3.63. The first-order valence-electron chi connectivity index (χ1n) is 5.37. The monoisotopic (exact) mass is 279 g/mol. The Balaban J connectivity index is 2.19. The zero-order valence-electron chi connectivity index (χ0n) is 9.95. The van der Waals surface area contributed by atoms with Crippen LogP contribution in [0.15, 0.2) is 41.7 Å². The topological polar surface area (TPSA) is 124 Å². The maximum absolute atomic E-state index is 11.3. The lowest BCUT2D eigenvalue weighted by molar-refractivity contribution is 0.598. The fraction of sp³-hybridized carbons (Fsp3) is 0.0909. The van der Waals surface area contributed by atoms with E-state index in [0.717, 1.165) is 5.69 Å². The summed E-state index contributed by atoms with van der Waals surface area (Å²) in [5, 5.41) is 8.09. The van der Waals surface area contributed by atoms with Crippen LogP contribution in [0.4, 0.5) is 11.4 Å². The van der Waals surface area contributed by atoms with E-state index in [1.54, 1.807) is 18.3 Å². The SMILES string of the molecule is Nc1cc(NCc2ccncn2)cc(S(N)(=O)=O)c1. The van der Waals surface area contributed by atoms with E-state index in [0.29, 0.717) is 17.9 Å². The fourth-order valence-electron chi connectivity index (χ4n) is 1.50. The Morgan fingerprint density at radius 2 is 2.05 bits per heavy atom. The van der Waals surface area contributed by atoms with Crippen LogP contribution in [-0.4, -0.2) is 18.4 Å². The van der Waals surface area contributed by atoms with Gasteiger partial charge in [0, 0.05) is 17.6 Å². The Morgan fingerprint density at radius 1 is 1.26 bits per heavy atom. The minimum atomic E-state index is -3.78. The van der Waals surface area contributed by atoms with Crippen LogP contribution in [0.3, 0.4) is 0 Å². The molecular formula is C11H13N5O2S. The van der Waals surface area contributed by atoms with E-state index in [1.807, 2.05) is 0 Å². The molecule has 1 aromatic carbocycles. The minimum Gasteiger partial charge on any atom is -0.399 e. The van der Waals surface area contributed by atoms with Crippen LogP contribution in [-0.2, 0) is 16.6 Å². The van der Waals surface area contributed by atoms with Crippen molar-refractivity contribution in [1.82, 2.24) is 9.97 Å².